The van der Waals surface area contributed by atoms with Crippen LogP contribution in [0.3, 0.4) is 0 Å². The van der Waals surface area contributed by atoms with Crippen molar-refractivity contribution in [1.29, 1.82) is 5.26 Å². The Morgan fingerprint density at radius 1 is 1.06 bits per heavy atom. The highest BCUT2D eigenvalue weighted by Gasteiger charge is 2.27. The van der Waals surface area contributed by atoms with Crippen LogP contribution in [0.25, 0.3) is 11.3 Å². The van der Waals surface area contributed by atoms with E-state index in [0.29, 0.717) is 11.6 Å². The second-order valence-corrected chi connectivity index (χ2v) is 9.45. The first kappa shape index (κ1) is 21.8. The summed E-state index contributed by atoms with van der Waals surface area (Å²) in [6, 6.07) is 20.5. The lowest BCUT2D eigenvalue weighted by atomic mass is 10.1. The topological polar surface area (TPSA) is 60.2 Å². The van der Waals surface area contributed by atoms with Gasteiger partial charge in [-0.3, -0.25) is 14.6 Å². The van der Waals surface area contributed by atoms with Crippen molar-refractivity contribution in [2.75, 3.05) is 32.7 Å². The average Bonchev–Trinajstić information content (AvgIpc) is 3.26. The van der Waals surface area contributed by atoms with E-state index in [1.807, 2.05) is 35.7 Å². The lowest BCUT2D eigenvalue weighted by Crippen LogP contribution is -2.47. The van der Waals surface area contributed by atoms with Gasteiger partial charge in [-0.15, -0.1) is 11.3 Å². The quantitative estimate of drug-likeness (QED) is 0.481. The van der Waals surface area contributed by atoms with Crippen LogP contribution in [0, 0.1) is 11.3 Å². The molecule has 0 amide bonds. The van der Waals surface area contributed by atoms with Gasteiger partial charge in [0.05, 0.1) is 18.3 Å². The molecule has 0 spiro atoms. The van der Waals surface area contributed by atoms with E-state index in [2.05, 4.69) is 61.0 Å². The molecule has 0 bridgehead atoms. The predicted octanol–water partition coefficient (Wildman–Crippen LogP) is 4.57. The molecule has 4 rings (SSSR count). The van der Waals surface area contributed by atoms with E-state index in [4.69, 9.17) is 0 Å². The van der Waals surface area contributed by atoms with Gasteiger partial charge in [0.2, 0.25) is 0 Å². The van der Waals surface area contributed by atoms with Crippen LogP contribution in [0.5, 0.6) is 0 Å². The van der Waals surface area contributed by atoms with Gasteiger partial charge in [0.1, 0.15) is 5.01 Å². The van der Waals surface area contributed by atoms with E-state index >= 15 is 0 Å². The normalized spacial score (nSPS) is 16.0. The van der Waals surface area contributed by atoms with Crippen molar-refractivity contribution in [2.45, 2.75) is 12.5 Å². The minimum atomic E-state index is -0.809. The highest BCUT2D eigenvalue weighted by molar-refractivity contribution is 9.10. The summed E-state index contributed by atoms with van der Waals surface area (Å²) < 4.78 is 1.00. The van der Waals surface area contributed by atoms with Gasteiger partial charge in [-0.2, -0.15) is 5.26 Å². The number of ketones is 1. The molecular weight excluding hydrogens is 472 g/mol. The molecule has 1 atom stereocenters. The van der Waals surface area contributed by atoms with Gasteiger partial charge in [0.15, 0.2) is 11.7 Å². The molecule has 1 aliphatic rings. The number of piperazine rings is 1. The van der Waals surface area contributed by atoms with Crippen molar-refractivity contribution in [3.63, 3.8) is 0 Å². The van der Waals surface area contributed by atoms with Crippen molar-refractivity contribution in [1.82, 2.24) is 14.8 Å². The third-order valence-corrected chi connectivity index (χ3v) is 6.89. The molecule has 5 nitrogen and oxygen atoms in total. The number of hydrogen-bond donors (Lipinski definition) is 0. The van der Waals surface area contributed by atoms with Crippen molar-refractivity contribution >= 4 is 33.0 Å². The Morgan fingerprint density at radius 3 is 2.42 bits per heavy atom. The minimum absolute atomic E-state index is 0.0734. The maximum atomic E-state index is 12.9. The van der Waals surface area contributed by atoms with E-state index in [9.17, 15) is 10.1 Å². The van der Waals surface area contributed by atoms with Gasteiger partial charge >= 0.3 is 0 Å². The second kappa shape index (κ2) is 10.3. The summed E-state index contributed by atoms with van der Waals surface area (Å²) in [7, 11) is 0. The number of carbonyl (C=O) groups excluding carboxylic acids is 1. The lowest BCUT2D eigenvalue weighted by Gasteiger charge is -2.34. The fraction of sp³-hybridized carbons (Fsp3) is 0.292. The third-order valence-electron chi connectivity index (χ3n) is 5.45. The zero-order valence-electron chi connectivity index (χ0n) is 17.1. The smallest absolute Gasteiger partial charge is 0.170 e. The Kier molecular flexibility index (Phi) is 7.25. The standard InChI is InChI=1S/C24H23BrN4OS/c25-20-8-6-19(7-9-20)22-17-31-24(27-22)21(14-26)23(30)16-29-12-10-28(11-13-29)15-18-4-2-1-3-5-18/h1-9,17,21H,10-13,15-16H2/t21-/m1/s1. The number of hydrogen-bond acceptors (Lipinski definition) is 6. The summed E-state index contributed by atoms with van der Waals surface area (Å²) in [5.74, 6) is -0.882. The molecule has 7 heteroatoms. The number of thiazole rings is 1. The van der Waals surface area contributed by atoms with Crippen LogP contribution in [0.15, 0.2) is 64.5 Å². The molecule has 2 aromatic carbocycles. The van der Waals surface area contributed by atoms with Gasteiger partial charge in [-0.1, -0.05) is 58.4 Å². The van der Waals surface area contributed by atoms with E-state index in [1.54, 1.807) is 0 Å². The number of halogens is 1. The first-order valence-corrected chi connectivity index (χ1v) is 11.9. The van der Waals surface area contributed by atoms with Gasteiger partial charge in [0, 0.05) is 48.1 Å². The van der Waals surface area contributed by atoms with Crippen molar-refractivity contribution in [3.05, 3.63) is 75.0 Å². The summed E-state index contributed by atoms with van der Waals surface area (Å²) in [4.78, 5) is 22.0. The van der Waals surface area contributed by atoms with E-state index in [-0.39, 0.29) is 5.78 Å². The van der Waals surface area contributed by atoms with Crippen LogP contribution in [0.1, 0.15) is 16.5 Å². The van der Waals surface area contributed by atoms with Gasteiger partial charge in [-0.25, -0.2) is 4.98 Å². The van der Waals surface area contributed by atoms with Crippen LogP contribution in [-0.4, -0.2) is 53.3 Å². The van der Waals surface area contributed by atoms with Crippen LogP contribution in [-0.2, 0) is 11.3 Å². The summed E-state index contributed by atoms with van der Waals surface area (Å²) in [6.45, 7) is 4.73. The Hall–Kier alpha value is -2.37. The number of nitrogens with zero attached hydrogens (tertiary/aromatic N) is 4. The fourth-order valence-corrected chi connectivity index (χ4v) is 4.85. The molecule has 1 fully saturated rings. The molecule has 3 aromatic rings. The van der Waals surface area contributed by atoms with Gasteiger partial charge < -0.3 is 0 Å². The summed E-state index contributed by atoms with van der Waals surface area (Å²) in [5.41, 5.74) is 3.08. The molecule has 1 aliphatic heterocycles. The number of rotatable bonds is 7. The van der Waals surface area contributed by atoms with Crippen LogP contribution in [0.2, 0.25) is 0 Å². The Morgan fingerprint density at radius 2 is 1.74 bits per heavy atom. The molecule has 31 heavy (non-hydrogen) atoms. The first-order chi connectivity index (χ1) is 15.1. The lowest BCUT2D eigenvalue weighted by molar-refractivity contribution is -0.120. The molecule has 0 radical (unpaired) electrons. The zero-order chi connectivity index (χ0) is 21.6. The number of nitriles is 1. The predicted molar refractivity (Wildman–Crippen MR) is 127 cm³/mol. The molecule has 0 unspecified atom stereocenters. The van der Waals surface area contributed by atoms with E-state index in [1.165, 1.54) is 16.9 Å². The first-order valence-electron chi connectivity index (χ1n) is 10.2. The molecule has 2 heterocycles. The van der Waals surface area contributed by atoms with Crippen molar-refractivity contribution < 1.29 is 4.79 Å². The monoisotopic (exact) mass is 494 g/mol. The van der Waals surface area contributed by atoms with E-state index in [0.717, 1.165) is 48.5 Å². The minimum Gasteiger partial charge on any atom is -0.297 e. The Balaban J connectivity index is 1.33. The van der Waals surface area contributed by atoms with Crippen LogP contribution < -0.4 is 0 Å². The van der Waals surface area contributed by atoms with Crippen LogP contribution >= 0.6 is 27.3 Å². The van der Waals surface area contributed by atoms with Gasteiger partial charge in [-0.05, 0) is 17.7 Å². The van der Waals surface area contributed by atoms with Crippen molar-refractivity contribution in [2.24, 2.45) is 0 Å². The Labute approximate surface area is 195 Å². The Bertz CT molecular complexity index is 1050. The third kappa shape index (κ3) is 5.66. The largest absolute Gasteiger partial charge is 0.297 e. The molecule has 1 aromatic heterocycles. The van der Waals surface area contributed by atoms with E-state index < -0.39 is 5.92 Å². The highest BCUT2D eigenvalue weighted by atomic mass is 79.9. The number of Topliss-reactive ketones (excluding diaryl/α,β-unsaturated/α-hetero) is 1. The fourth-order valence-electron chi connectivity index (χ4n) is 3.70. The molecule has 0 saturated carbocycles. The summed E-state index contributed by atoms with van der Waals surface area (Å²) >= 11 is 4.81. The molecule has 0 aliphatic carbocycles. The number of benzene rings is 2. The van der Waals surface area contributed by atoms with Crippen molar-refractivity contribution in [3.8, 4) is 17.3 Å². The molecular formula is C24H23BrN4OS. The maximum Gasteiger partial charge on any atom is 0.170 e. The summed E-state index contributed by atoms with van der Waals surface area (Å²) in [5, 5.41) is 12.2. The number of aromatic nitrogens is 1. The zero-order valence-corrected chi connectivity index (χ0v) is 19.5. The van der Waals surface area contributed by atoms with Crippen LogP contribution in [0.4, 0.5) is 0 Å². The molecule has 0 N–H and O–H groups in total. The SMILES string of the molecule is N#C[C@H](C(=O)CN1CCN(Cc2ccccc2)CC1)c1nc(-c2ccc(Br)cc2)cs1. The second-order valence-electron chi connectivity index (χ2n) is 7.64. The highest BCUT2D eigenvalue weighted by Crippen LogP contribution is 2.28. The number of carbonyl (C=O) groups is 1. The molecule has 1 saturated heterocycles. The maximum absolute atomic E-state index is 12.9. The summed E-state index contributed by atoms with van der Waals surface area (Å²) in [6.07, 6.45) is 0. The molecule has 158 valence electrons. The average molecular weight is 495 g/mol. The van der Waals surface area contributed by atoms with Gasteiger partial charge in [0.25, 0.3) is 0 Å².